The number of nitrogens with one attached hydrogen (secondary N) is 1. The maximum Gasteiger partial charge on any atom is 0.138 e. The van der Waals surface area contributed by atoms with Gasteiger partial charge in [0, 0.05) is 18.2 Å². The predicted molar refractivity (Wildman–Crippen MR) is 89.6 cm³/mol. The van der Waals surface area contributed by atoms with E-state index in [1.165, 1.54) is 6.42 Å². The van der Waals surface area contributed by atoms with Crippen molar-refractivity contribution in [2.24, 2.45) is 0 Å². The normalized spacial score (nSPS) is 23.1. The van der Waals surface area contributed by atoms with E-state index in [9.17, 15) is 5.11 Å². The lowest BCUT2D eigenvalue weighted by atomic mass is 10.1. The Hall–Kier alpha value is -0.580. The van der Waals surface area contributed by atoms with E-state index in [-0.39, 0.29) is 12.2 Å². The second kappa shape index (κ2) is 8.16. The quantitative estimate of drug-likeness (QED) is 0.783. The SMILES string of the molecule is CC(C)NCc1cccc(Br)c1OC1CCCCCC1O. The van der Waals surface area contributed by atoms with Crippen molar-refractivity contribution in [3.8, 4) is 5.75 Å². The largest absolute Gasteiger partial charge is 0.486 e. The average Bonchev–Trinajstić information content (AvgIpc) is 2.64. The van der Waals surface area contributed by atoms with E-state index in [1.54, 1.807) is 0 Å². The molecule has 0 saturated heterocycles. The first kappa shape index (κ1) is 16.8. The van der Waals surface area contributed by atoms with Gasteiger partial charge in [0.1, 0.15) is 11.9 Å². The average molecular weight is 356 g/mol. The highest BCUT2D eigenvalue weighted by molar-refractivity contribution is 9.10. The van der Waals surface area contributed by atoms with Gasteiger partial charge in [-0.3, -0.25) is 0 Å². The van der Waals surface area contributed by atoms with E-state index in [1.807, 2.05) is 12.1 Å². The molecule has 0 spiro atoms. The number of hydrogen-bond acceptors (Lipinski definition) is 3. The number of para-hydroxylation sites is 1. The van der Waals surface area contributed by atoms with E-state index in [4.69, 9.17) is 4.74 Å². The molecule has 0 aromatic heterocycles. The van der Waals surface area contributed by atoms with E-state index in [0.29, 0.717) is 6.04 Å². The Morgan fingerprint density at radius 2 is 2.05 bits per heavy atom. The molecule has 1 aromatic rings. The Morgan fingerprint density at radius 1 is 1.29 bits per heavy atom. The van der Waals surface area contributed by atoms with Crippen LogP contribution in [-0.2, 0) is 6.54 Å². The number of halogens is 1. The van der Waals surface area contributed by atoms with Crippen LogP contribution < -0.4 is 10.1 Å². The van der Waals surface area contributed by atoms with Crippen molar-refractivity contribution in [2.75, 3.05) is 0 Å². The highest BCUT2D eigenvalue weighted by Crippen LogP contribution is 2.32. The zero-order chi connectivity index (χ0) is 15.2. The standard InChI is InChI=1S/C17H26BrNO2/c1-12(2)19-11-13-7-6-8-14(18)17(13)21-16-10-5-3-4-9-15(16)20/h6-8,12,15-16,19-20H,3-5,9-11H2,1-2H3. The molecule has 0 heterocycles. The van der Waals surface area contributed by atoms with Gasteiger partial charge in [0.05, 0.1) is 10.6 Å². The second-order valence-corrected chi connectivity index (χ2v) is 6.98. The summed E-state index contributed by atoms with van der Waals surface area (Å²) < 4.78 is 7.17. The van der Waals surface area contributed by atoms with Gasteiger partial charge < -0.3 is 15.2 Å². The van der Waals surface area contributed by atoms with Gasteiger partial charge in [0.25, 0.3) is 0 Å². The van der Waals surface area contributed by atoms with Gasteiger partial charge in [-0.1, -0.05) is 38.8 Å². The first-order chi connectivity index (χ1) is 10.1. The molecule has 1 aliphatic carbocycles. The number of aliphatic hydroxyl groups excluding tert-OH is 1. The van der Waals surface area contributed by atoms with E-state index >= 15 is 0 Å². The van der Waals surface area contributed by atoms with Gasteiger partial charge in [0.15, 0.2) is 0 Å². The summed E-state index contributed by atoms with van der Waals surface area (Å²) in [4.78, 5) is 0. The summed E-state index contributed by atoms with van der Waals surface area (Å²) in [5.74, 6) is 0.872. The van der Waals surface area contributed by atoms with Gasteiger partial charge in [0.2, 0.25) is 0 Å². The molecule has 3 nitrogen and oxygen atoms in total. The monoisotopic (exact) mass is 355 g/mol. The number of hydrogen-bond donors (Lipinski definition) is 2. The van der Waals surface area contributed by atoms with Gasteiger partial charge >= 0.3 is 0 Å². The van der Waals surface area contributed by atoms with Gasteiger partial charge in [-0.25, -0.2) is 0 Å². The van der Waals surface area contributed by atoms with Gasteiger partial charge in [-0.15, -0.1) is 0 Å². The fourth-order valence-electron chi connectivity index (χ4n) is 2.68. The molecule has 1 aromatic carbocycles. The molecule has 0 amide bonds. The predicted octanol–water partition coefficient (Wildman–Crippen LogP) is 4.02. The zero-order valence-electron chi connectivity index (χ0n) is 12.9. The van der Waals surface area contributed by atoms with Crippen LogP contribution in [0.3, 0.4) is 0 Å². The molecule has 2 atom stereocenters. The molecule has 2 unspecified atom stereocenters. The van der Waals surface area contributed by atoms with Crippen LogP contribution in [0.4, 0.5) is 0 Å². The molecule has 2 N–H and O–H groups in total. The van der Waals surface area contributed by atoms with Crippen LogP contribution in [-0.4, -0.2) is 23.4 Å². The van der Waals surface area contributed by atoms with Crippen molar-refractivity contribution in [2.45, 2.75) is 70.7 Å². The van der Waals surface area contributed by atoms with Crippen molar-refractivity contribution in [1.82, 2.24) is 5.32 Å². The van der Waals surface area contributed by atoms with Crippen molar-refractivity contribution in [3.05, 3.63) is 28.2 Å². The highest BCUT2D eigenvalue weighted by Gasteiger charge is 2.24. The van der Waals surface area contributed by atoms with E-state index < -0.39 is 0 Å². The van der Waals surface area contributed by atoms with E-state index in [0.717, 1.165) is 48.0 Å². The van der Waals surface area contributed by atoms with Crippen LogP contribution in [0.15, 0.2) is 22.7 Å². The van der Waals surface area contributed by atoms with Crippen molar-refractivity contribution in [3.63, 3.8) is 0 Å². The fraction of sp³-hybridized carbons (Fsp3) is 0.647. The van der Waals surface area contributed by atoms with Crippen LogP contribution >= 0.6 is 15.9 Å². The topological polar surface area (TPSA) is 41.5 Å². The minimum atomic E-state index is -0.356. The zero-order valence-corrected chi connectivity index (χ0v) is 14.5. The van der Waals surface area contributed by atoms with Crippen LogP contribution in [0.1, 0.15) is 51.5 Å². The Kier molecular flexibility index (Phi) is 6.52. The Labute approximate surface area is 136 Å². The summed E-state index contributed by atoms with van der Waals surface area (Å²) in [6.45, 7) is 5.04. The number of aliphatic hydroxyl groups is 1. The number of rotatable bonds is 5. The van der Waals surface area contributed by atoms with Gasteiger partial charge in [-0.05, 0) is 41.3 Å². The highest BCUT2D eigenvalue weighted by atomic mass is 79.9. The molecular formula is C17H26BrNO2. The molecule has 4 heteroatoms. The Bertz CT molecular complexity index is 450. The fourth-order valence-corrected chi connectivity index (χ4v) is 3.18. The minimum absolute atomic E-state index is 0.0935. The van der Waals surface area contributed by atoms with Crippen molar-refractivity contribution >= 4 is 15.9 Å². The molecule has 2 rings (SSSR count). The summed E-state index contributed by atoms with van der Waals surface area (Å²) in [5, 5.41) is 13.7. The first-order valence-corrected chi connectivity index (χ1v) is 8.72. The molecule has 1 saturated carbocycles. The molecule has 1 aliphatic rings. The maximum absolute atomic E-state index is 10.3. The molecule has 21 heavy (non-hydrogen) atoms. The van der Waals surface area contributed by atoms with Crippen LogP contribution in [0, 0.1) is 0 Å². The molecule has 0 bridgehead atoms. The lowest BCUT2D eigenvalue weighted by molar-refractivity contribution is 0.0309. The Morgan fingerprint density at radius 3 is 2.81 bits per heavy atom. The number of ether oxygens (including phenoxy) is 1. The smallest absolute Gasteiger partial charge is 0.138 e. The summed E-state index contributed by atoms with van der Waals surface area (Å²) in [7, 11) is 0. The second-order valence-electron chi connectivity index (χ2n) is 6.13. The third-order valence-electron chi connectivity index (χ3n) is 3.94. The van der Waals surface area contributed by atoms with Crippen molar-refractivity contribution < 1.29 is 9.84 Å². The molecule has 0 aliphatic heterocycles. The minimum Gasteiger partial charge on any atom is -0.486 e. The lowest BCUT2D eigenvalue weighted by Gasteiger charge is -2.24. The summed E-state index contributed by atoms with van der Waals surface area (Å²) in [6, 6.07) is 6.54. The van der Waals surface area contributed by atoms with Crippen LogP contribution in [0.2, 0.25) is 0 Å². The van der Waals surface area contributed by atoms with Crippen molar-refractivity contribution in [1.29, 1.82) is 0 Å². The third-order valence-corrected chi connectivity index (χ3v) is 4.56. The summed E-state index contributed by atoms with van der Waals surface area (Å²) >= 11 is 3.59. The first-order valence-electron chi connectivity index (χ1n) is 7.93. The van der Waals surface area contributed by atoms with Crippen LogP contribution in [0.25, 0.3) is 0 Å². The maximum atomic E-state index is 10.3. The molecule has 1 fully saturated rings. The van der Waals surface area contributed by atoms with Gasteiger partial charge in [-0.2, -0.15) is 0 Å². The molecule has 0 radical (unpaired) electrons. The van der Waals surface area contributed by atoms with Crippen LogP contribution in [0.5, 0.6) is 5.75 Å². The third kappa shape index (κ3) is 4.97. The number of benzene rings is 1. The Balaban J connectivity index is 2.13. The molecular weight excluding hydrogens is 330 g/mol. The summed E-state index contributed by atoms with van der Waals surface area (Å²) in [6.07, 6.45) is 4.74. The summed E-state index contributed by atoms with van der Waals surface area (Å²) in [5.41, 5.74) is 1.13. The molecule has 118 valence electrons. The lowest BCUT2D eigenvalue weighted by Crippen LogP contribution is -2.31. The van der Waals surface area contributed by atoms with E-state index in [2.05, 4.69) is 41.2 Å².